The molecule has 1 unspecified atom stereocenters. The van der Waals surface area contributed by atoms with Gasteiger partial charge in [0.1, 0.15) is 15.7 Å². The molecule has 76 valence electrons. The molecule has 0 saturated carbocycles. The molecule has 0 saturated heterocycles. The van der Waals surface area contributed by atoms with E-state index in [0.717, 1.165) is 14.8 Å². The highest BCUT2D eigenvalue weighted by atomic mass is 79.9. The number of nitrogens with zero attached hydrogens (tertiary/aromatic N) is 2. The Morgan fingerprint density at radius 2 is 2.50 bits per heavy atom. The fourth-order valence-electron chi connectivity index (χ4n) is 1.39. The van der Waals surface area contributed by atoms with Crippen LogP contribution in [-0.4, -0.2) is 16.4 Å². The van der Waals surface area contributed by atoms with Gasteiger partial charge >= 0.3 is 0 Å². The first kappa shape index (κ1) is 10.1. The van der Waals surface area contributed by atoms with Crippen molar-refractivity contribution < 1.29 is 4.74 Å². The van der Waals surface area contributed by atoms with Gasteiger partial charge in [-0.25, -0.2) is 4.68 Å². The van der Waals surface area contributed by atoms with Gasteiger partial charge in [0.25, 0.3) is 0 Å². The van der Waals surface area contributed by atoms with Crippen LogP contribution in [0.1, 0.15) is 20.1 Å². The van der Waals surface area contributed by atoms with E-state index in [2.05, 4.69) is 32.5 Å². The molecule has 0 N–H and O–H groups in total. The van der Waals surface area contributed by atoms with Gasteiger partial charge in [-0.1, -0.05) is 0 Å². The number of hydrogen-bond donors (Lipinski definition) is 0. The number of hydrogen-bond acceptors (Lipinski definition) is 3. The average Bonchev–Trinajstić information content (AvgIpc) is 2.70. The minimum atomic E-state index is -0.00699. The van der Waals surface area contributed by atoms with Gasteiger partial charge in [-0.2, -0.15) is 5.10 Å². The Balaban J connectivity index is 2.45. The quantitative estimate of drug-likeness (QED) is 0.858. The van der Waals surface area contributed by atoms with E-state index in [1.807, 2.05) is 18.5 Å². The molecular weight excluding hydrogens is 264 g/mol. The molecule has 2 aromatic rings. The number of thiophene rings is 1. The van der Waals surface area contributed by atoms with Gasteiger partial charge in [-0.05, 0) is 41.2 Å². The molecule has 3 nitrogen and oxygen atoms in total. The van der Waals surface area contributed by atoms with Crippen molar-refractivity contribution in [2.45, 2.75) is 20.1 Å². The van der Waals surface area contributed by atoms with Crippen LogP contribution in [0.25, 0.3) is 10.2 Å². The third-order valence-corrected chi connectivity index (χ3v) is 3.51. The van der Waals surface area contributed by atoms with Crippen molar-refractivity contribution >= 4 is 37.5 Å². The molecule has 1 atom stereocenters. The molecule has 2 aromatic heterocycles. The lowest BCUT2D eigenvalue weighted by Crippen LogP contribution is -2.09. The maximum atomic E-state index is 5.51. The number of rotatable bonds is 3. The fourth-order valence-corrected chi connectivity index (χ4v) is 2.93. The number of aromatic nitrogens is 2. The summed E-state index contributed by atoms with van der Waals surface area (Å²) in [4.78, 5) is 1.15. The molecule has 5 heteroatoms. The summed E-state index contributed by atoms with van der Waals surface area (Å²) in [5, 5.41) is 7.60. The predicted octanol–water partition coefficient (Wildman–Crippen LogP) is 3.42. The summed E-state index contributed by atoms with van der Waals surface area (Å²) in [6.45, 7) is 4.69. The third kappa shape index (κ3) is 1.60. The molecular formula is C9H11BrN2OS. The first-order chi connectivity index (χ1) is 6.74. The number of fused-ring (bicyclic) bond motifs is 1. The maximum absolute atomic E-state index is 5.51. The van der Waals surface area contributed by atoms with Crippen LogP contribution < -0.4 is 0 Å². The molecule has 0 bridgehead atoms. The van der Waals surface area contributed by atoms with Gasteiger partial charge in [0.2, 0.25) is 0 Å². The van der Waals surface area contributed by atoms with E-state index in [1.54, 1.807) is 11.3 Å². The molecule has 0 fully saturated rings. The van der Waals surface area contributed by atoms with E-state index in [4.69, 9.17) is 4.74 Å². The Kier molecular flexibility index (Phi) is 2.90. The zero-order valence-electron chi connectivity index (χ0n) is 8.03. The fraction of sp³-hybridized carbons (Fsp3) is 0.444. The lowest BCUT2D eigenvalue weighted by Gasteiger charge is -2.11. The summed E-state index contributed by atoms with van der Waals surface area (Å²) >= 11 is 5.11. The smallest absolute Gasteiger partial charge is 0.149 e. The van der Waals surface area contributed by atoms with Crippen LogP contribution in [-0.2, 0) is 4.74 Å². The van der Waals surface area contributed by atoms with E-state index in [1.165, 1.54) is 0 Å². The Bertz CT molecular complexity index is 437. The van der Waals surface area contributed by atoms with Gasteiger partial charge in [0.15, 0.2) is 0 Å². The largest absolute Gasteiger partial charge is 0.357 e. The van der Waals surface area contributed by atoms with Crippen molar-refractivity contribution in [3.8, 4) is 0 Å². The van der Waals surface area contributed by atoms with Crippen LogP contribution in [0.5, 0.6) is 0 Å². The Morgan fingerprint density at radius 1 is 1.71 bits per heavy atom. The second kappa shape index (κ2) is 4.00. The predicted molar refractivity (Wildman–Crippen MR) is 61.6 cm³/mol. The van der Waals surface area contributed by atoms with E-state index in [0.29, 0.717) is 6.61 Å². The summed E-state index contributed by atoms with van der Waals surface area (Å²) in [5.41, 5.74) is 0. The second-order valence-corrected chi connectivity index (χ2v) is 4.58. The zero-order chi connectivity index (χ0) is 10.1. The molecule has 0 aliphatic carbocycles. The van der Waals surface area contributed by atoms with Crippen LogP contribution >= 0.6 is 27.3 Å². The molecule has 2 heterocycles. The van der Waals surface area contributed by atoms with Crippen LogP contribution in [0.4, 0.5) is 0 Å². The molecule has 0 aliphatic heterocycles. The highest BCUT2D eigenvalue weighted by Gasteiger charge is 2.13. The molecule has 0 amide bonds. The van der Waals surface area contributed by atoms with Crippen LogP contribution in [0, 0.1) is 0 Å². The van der Waals surface area contributed by atoms with Crippen molar-refractivity contribution in [1.29, 1.82) is 0 Å². The first-order valence-corrected chi connectivity index (χ1v) is 6.14. The third-order valence-electron chi connectivity index (χ3n) is 2.02. The molecule has 14 heavy (non-hydrogen) atoms. The number of ether oxygens (including phenoxy) is 1. The minimum absolute atomic E-state index is 0.00699. The Labute approximate surface area is 94.8 Å². The van der Waals surface area contributed by atoms with Gasteiger partial charge in [-0.3, -0.25) is 0 Å². The highest BCUT2D eigenvalue weighted by Crippen LogP contribution is 2.30. The van der Waals surface area contributed by atoms with Gasteiger partial charge in [0, 0.05) is 12.0 Å². The first-order valence-electron chi connectivity index (χ1n) is 4.47. The summed E-state index contributed by atoms with van der Waals surface area (Å²) in [6, 6.07) is 2.06. The summed E-state index contributed by atoms with van der Waals surface area (Å²) in [7, 11) is 0. The van der Waals surface area contributed by atoms with E-state index in [9.17, 15) is 0 Å². The molecule has 2 rings (SSSR count). The lowest BCUT2D eigenvalue weighted by atomic mass is 10.4. The van der Waals surface area contributed by atoms with Gasteiger partial charge < -0.3 is 4.74 Å². The second-order valence-electron chi connectivity index (χ2n) is 2.93. The minimum Gasteiger partial charge on any atom is -0.357 e. The lowest BCUT2D eigenvalue weighted by molar-refractivity contribution is 0.0193. The van der Waals surface area contributed by atoms with E-state index in [-0.39, 0.29) is 6.23 Å². The zero-order valence-corrected chi connectivity index (χ0v) is 10.4. The van der Waals surface area contributed by atoms with Crippen LogP contribution in [0.15, 0.2) is 16.0 Å². The highest BCUT2D eigenvalue weighted by molar-refractivity contribution is 9.10. The van der Waals surface area contributed by atoms with E-state index < -0.39 is 0 Å². The summed E-state index contributed by atoms with van der Waals surface area (Å²) in [5.74, 6) is 0. The van der Waals surface area contributed by atoms with Gasteiger partial charge in [-0.15, -0.1) is 11.3 Å². The summed E-state index contributed by atoms with van der Waals surface area (Å²) in [6.07, 6.45) is -0.00699. The van der Waals surface area contributed by atoms with Crippen molar-refractivity contribution in [3.05, 3.63) is 16.0 Å². The van der Waals surface area contributed by atoms with E-state index >= 15 is 0 Å². The average molecular weight is 275 g/mol. The topological polar surface area (TPSA) is 27.1 Å². The molecule has 0 aromatic carbocycles. The Hall–Kier alpha value is -0.390. The van der Waals surface area contributed by atoms with Crippen molar-refractivity contribution in [1.82, 2.24) is 9.78 Å². The molecule has 0 radical (unpaired) electrons. The van der Waals surface area contributed by atoms with Gasteiger partial charge in [0.05, 0.1) is 0 Å². The SMILES string of the molecule is CCOC(C)n1nc(Br)c2ccsc21. The molecule has 0 aliphatic rings. The van der Waals surface area contributed by atoms with Crippen molar-refractivity contribution in [2.24, 2.45) is 0 Å². The normalized spacial score (nSPS) is 13.6. The van der Waals surface area contributed by atoms with Crippen LogP contribution in [0.3, 0.4) is 0 Å². The molecule has 0 spiro atoms. The van der Waals surface area contributed by atoms with Crippen molar-refractivity contribution in [2.75, 3.05) is 6.61 Å². The Morgan fingerprint density at radius 3 is 3.21 bits per heavy atom. The monoisotopic (exact) mass is 274 g/mol. The van der Waals surface area contributed by atoms with Crippen LogP contribution in [0.2, 0.25) is 0 Å². The standard InChI is InChI=1S/C9H11BrN2OS/c1-3-13-6(2)12-9-7(4-5-14-9)8(10)11-12/h4-6H,3H2,1-2H3. The summed E-state index contributed by atoms with van der Waals surface area (Å²) < 4.78 is 8.30. The van der Waals surface area contributed by atoms with Crippen molar-refractivity contribution in [3.63, 3.8) is 0 Å². The number of halogens is 1. The maximum Gasteiger partial charge on any atom is 0.149 e.